The van der Waals surface area contributed by atoms with Gasteiger partial charge in [-0.05, 0) is 82.2 Å². The highest BCUT2D eigenvalue weighted by atomic mass is 16.6. The number of aliphatic hydroxyl groups is 4. The van der Waals surface area contributed by atoms with Crippen LogP contribution in [0.5, 0.6) is 0 Å². The molecule has 0 spiro atoms. The number of alkyl carbamates (subject to hydrolysis) is 1. The number of ether oxygens (including phenoxy) is 4. The van der Waals surface area contributed by atoms with Crippen molar-refractivity contribution in [1.82, 2.24) is 5.32 Å². The lowest BCUT2D eigenvalue weighted by molar-refractivity contribution is -0.326. The fourth-order valence-corrected chi connectivity index (χ4v) is 10.5. The molecule has 2 aromatic rings. The van der Waals surface area contributed by atoms with E-state index in [0.717, 1.165) is 12.8 Å². The van der Waals surface area contributed by atoms with Gasteiger partial charge in [-0.15, -0.1) is 0 Å². The van der Waals surface area contributed by atoms with Gasteiger partial charge in [-0.1, -0.05) is 62.4 Å². The molecule has 13 heteroatoms. The van der Waals surface area contributed by atoms with Crippen molar-refractivity contribution in [3.05, 3.63) is 82.9 Å². The topological polar surface area (TPSA) is 198 Å². The second-order valence-corrected chi connectivity index (χ2v) is 18.4. The first kappa shape index (κ1) is 41.0. The average molecular weight is 790 g/mol. The van der Waals surface area contributed by atoms with Crippen LogP contribution in [0.15, 0.2) is 71.8 Å². The van der Waals surface area contributed by atoms with Gasteiger partial charge in [0.2, 0.25) is 0 Å². The molecule has 4 fully saturated rings. The van der Waals surface area contributed by atoms with Crippen LogP contribution in [0.2, 0.25) is 0 Å². The zero-order valence-electron chi connectivity index (χ0n) is 33.6. The van der Waals surface area contributed by atoms with Gasteiger partial charge in [-0.2, -0.15) is 0 Å². The van der Waals surface area contributed by atoms with E-state index in [9.17, 15) is 34.8 Å². The fourth-order valence-electron chi connectivity index (χ4n) is 10.5. The van der Waals surface area contributed by atoms with Crippen molar-refractivity contribution in [3.8, 4) is 0 Å². The monoisotopic (exact) mass is 789 g/mol. The molecule has 13 nitrogen and oxygen atoms in total. The number of carbonyl (C=O) groups is 4. The Kier molecular flexibility index (Phi) is 10.3. The smallest absolute Gasteiger partial charge is 0.408 e. The number of ketones is 1. The van der Waals surface area contributed by atoms with Crippen molar-refractivity contribution in [3.63, 3.8) is 0 Å². The lowest BCUT2D eigenvalue weighted by atomic mass is 9.41. The van der Waals surface area contributed by atoms with Crippen LogP contribution < -0.4 is 5.32 Å². The third-order valence-corrected chi connectivity index (χ3v) is 13.7. The Morgan fingerprint density at radius 3 is 2.12 bits per heavy atom. The first-order valence-corrected chi connectivity index (χ1v) is 19.8. The number of aliphatic hydroxyl groups excluding tert-OH is 3. The number of amides is 1. The predicted molar refractivity (Wildman–Crippen MR) is 204 cm³/mol. The van der Waals surface area contributed by atoms with Crippen LogP contribution in [-0.4, -0.2) is 98.7 Å². The van der Waals surface area contributed by atoms with Gasteiger partial charge in [0.1, 0.15) is 29.5 Å². The van der Waals surface area contributed by atoms with E-state index in [1.54, 1.807) is 109 Å². The van der Waals surface area contributed by atoms with Gasteiger partial charge in [-0.25, -0.2) is 14.4 Å². The summed E-state index contributed by atoms with van der Waals surface area (Å²) in [6.45, 7) is 11.7. The van der Waals surface area contributed by atoms with Crippen molar-refractivity contribution in [2.45, 2.75) is 128 Å². The summed E-state index contributed by atoms with van der Waals surface area (Å²) in [4.78, 5) is 56.3. The SMILES string of the molecule is CC1=C2[C@@H](O)C(=O)[C@@]3(C)C([C@H](OC(=O)c4ccccc4)[C@](O)(C[C@@H]1OC(=O)[C@H](O)[C@@H](NC(=O)OC(C)(C)C)c1ccccc1)C2(C)C)[C@]1(C2CC2)CO[C@@H]1C[C@@H]3O. The van der Waals surface area contributed by atoms with Gasteiger partial charge < -0.3 is 44.7 Å². The number of carbonyl (C=O) groups excluding carboxylic acids is 4. The first-order chi connectivity index (χ1) is 26.7. The van der Waals surface area contributed by atoms with Crippen LogP contribution in [-0.2, 0) is 28.5 Å². The third-order valence-electron chi connectivity index (χ3n) is 13.7. The van der Waals surface area contributed by atoms with Crippen molar-refractivity contribution >= 4 is 23.8 Å². The minimum absolute atomic E-state index is 0.0404. The summed E-state index contributed by atoms with van der Waals surface area (Å²) in [6.07, 6.45) is -7.99. The summed E-state index contributed by atoms with van der Waals surface area (Å²) in [6, 6.07) is 15.3. The van der Waals surface area contributed by atoms with E-state index >= 15 is 4.79 Å². The van der Waals surface area contributed by atoms with Gasteiger partial charge in [0, 0.05) is 29.6 Å². The van der Waals surface area contributed by atoms with E-state index in [1.165, 1.54) is 0 Å². The summed E-state index contributed by atoms with van der Waals surface area (Å²) in [5, 5.41) is 51.9. The number of nitrogens with one attached hydrogen (secondary N) is 1. The lowest BCUT2D eigenvalue weighted by Crippen LogP contribution is -2.78. The molecule has 0 radical (unpaired) electrons. The Labute approximate surface area is 332 Å². The highest BCUT2D eigenvalue weighted by Gasteiger charge is 2.78. The largest absolute Gasteiger partial charge is 0.456 e. The second kappa shape index (κ2) is 14.3. The minimum atomic E-state index is -2.14. The summed E-state index contributed by atoms with van der Waals surface area (Å²) >= 11 is 0. The van der Waals surface area contributed by atoms with E-state index in [1.807, 2.05) is 0 Å². The van der Waals surface area contributed by atoms with E-state index in [2.05, 4.69) is 5.32 Å². The van der Waals surface area contributed by atoms with Crippen molar-refractivity contribution < 1.29 is 58.6 Å². The summed E-state index contributed by atoms with van der Waals surface area (Å²) in [5.41, 5.74) is -6.10. The van der Waals surface area contributed by atoms with Crippen LogP contribution in [0.3, 0.4) is 0 Å². The Morgan fingerprint density at radius 1 is 0.947 bits per heavy atom. The summed E-state index contributed by atoms with van der Waals surface area (Å²) in [5.74, 6) is -3.62. The molecule has 2 aromatic carbocycles. The van der Waals surface area contributed by atoms with Crippen LogP contribution in [0.1, 0.15) is 96.1 Å². The molecule has 5 N–H and O–H groups in total. The number of fused-ring (bicyclic) bond motifs is 5. The maximum absolute atomic E-state index is 15.0. The highest BCUT2D eigenvalue weighted by molar-refractivity contribution is 5.94. The standard InChI is InChI=1S/C44H55NO12/c1-23-27(55-38(51)33(48)31(24-14-10-8-11-15-24)45-39(52)57-40(2,3)4)21-44(53)36(56-37(50)25-16-12-9-13-17-25)34-42(7,35(49)32(47)30(23)41(44,5)6)28(46)20-29-43(34,22-54-29)26-18-19-26/h8-17,26-29,31-34,36,46-48,53H,18-22H2,1-7H3,(H,45,52)/t27-,28-,29+,31-,32+,33+,34?,36-,42+,43-,44+/m0/s1. The van der Waals surface area contributed by atoms with Gasteiger partial charge in [0.05, 0.1) is 35.8 Å². The maximum atomic E-state index is 15.0. The van der Waals surface area contributed by atoms with Gasteiger partial charge in [0.25, 0.3) is 0 Å². The molecule has 1 heterocycles. The Bertz CT molecular complexity index is 1940. The molecule has 1 aliphatic heterocycles. The third kappa shape index (κ3) is 6.59. The Morgan fingerprint density at radius 2 is 1.56 bits per heavy atom. The predicted octanol–water partition coefficient (Wildman–Crippen LogP) is 4.35. The van der Waals surface area contributed by atoms with Crippen LogP contribution in [0, 0.1) is 28.1 Å². The molecular formula is C44H55NO12. The molecular weight excluding hydrogens is 734 g/mol. The molecule has 57 heavy (non-hydrogen) atoms. The maximum Gasteiger partial charge on any atom is 0.408 e. The minimum Gasteiger partial charge on any atom is -0.456 e. The second-order valence-electron chi connectivity index (χ2n) is 18.4. The van der Waals surface area contributed by atoms with Crippen LogP contribution in [0.4, 0.5) is 4.79 Å². The van der Waals surface area contributed by atoms with Crippen LogP contribution in [0.25, 0.3) is 0 Å². The molecule has 1 unspecified atom stereocenters. The molecule has 1 saturated heterocycles. The molecule has 308 valence electrons. The average Bonchev–Trinajstić information content (AvgIpc) is 4.00. The van der Waals surface area contributed by atoms with E-state index < -0.39 is 99.8 Å². The molecule has 7 rings (SSSR count). The van der Waals surface area contributed by atoms with Crippen molar-refractivity contribution in [1.29, 1.82) is 0 Å². The summed E-state index contributed by atoms with van der Waals surface area (Å²) in [7, 11) is 0. The van der Waals surface area contributed by atoms with E-state index in [-0.39, 0.29) is 42.1 Å². The number of esters is 2. The van der Waals surface area contributed by atoms with Crippen molar-refractivity contribution in [2.75, 3.05) is 6.61 Å². The molecule has 2 bridgehead atoms. The first-order valence-electron chi connectivity index (χ1n) is 19.8. The highest BCUT2D eigenvalue weighted by Crippen LogP contribution is 2.70. The number of Topliss-reactive ketones (excluding diaryl/α,β-unsaturated/α-hetero) is 1. The Balaban J connectivity index is 1.33. The van der Waals surface area contributed by atoms with Gasteiger partial charge >= 0.3 is 18.0 Å². The number of hydrogen-bond donors (Lipinski definition) is 5. The molecule has 1 amide bonds. The zero-order valence-corrected chi connectivity index (χ0v) is 33.6. The van der Waals surface area contributed by atoms with E-state index in [0.29, 0.717) is 5.56 Å². The fraction of sp³-hybridized carbons (Fsp3) is 0.591. The van der Waals surface area contributed by atoms with Crippen molar-refractivity contribution in [2.24, 2.45) is 28.1 Å². The molecule has 4 aliphatic carbocycles. The normalized spacial score (nSPS) is 35.5. The Hall–Kier alpha value is -4.14. The summed E-state index contributed by atoms with van der Waals surface area (Å²) < 4.78 is 24.1. The zero-order chi connectivity index (χ0) is 41.5. The van der Waals surface area contributed by atoms with Gasteiger partial charge in [0.15, 0.2) is 11.9 Å². The molecule has 0 aromatic heterocycles. The molecule has 5 aliphatic rings. The molecule has 11 atom stereocenters. The number of rotatable bonds is 8. The number of hydrogen-bond acceptors (Lipinski definition) is 12. The quantitative estimate of drug-likeness (QED) is 0.144. The van der Waals surface area contributed by atoms with Crippen LogP contribution >= 0.6 is 0 Å². The molecule has 3 saturated carbocycles. The lowest BCUT2D eigenvalue weighted by Gasteiger charge is -2.69. The van der Waals surface area contributed by atoms with E-state index in [4.69, 9.17) is 18.9 Å². The van der Waals surface area contributed by atoms with Gasteiger partial charge in [-0.3, -0.25) is 4.79 Å². The number of benzene rings is 2.